The van der Waals surface area contributed by atoms with Crippen molar-refractivity contribution in [2.45, 2.75) is 109 Å². The topological polar surface area (TPSA) is 88.1 Å². The molecule has 0 spiro atoms. The summed E-state index contributed by atoms with van der Waals surface area (Å²) >= 11 is 0. The van der Waals surface area contributed by atoms with Crippen LogP contribution in [-0.4, -0.2) is 55.4 Å². The number of ether oxygens (including phenoxy) is 4. The maximum absolute atomic E-state index is 12.9. The number of methoxy groups -OCH3 is 1. The highest BCUT2D eigenvalue weighted by Gasteiger charge is 2.34. The second kappa shape index (κ2) is 15.2. The van der Waals surface area contributed by atoms with Gasteiger partial charge in [-0.25, -0.2) is 0 Å². The molecule has 3 rings (SSSR count). The summed E-state index contributed by atoms with van der Waals surface area (Å²) in [5.41, 5.74) is 0.886. The van der Waals surface area contributed by atoms with Gasteiger partial charge < -0.3 is 18.9 Å². The normalized spacial score (nSPS) is 34.7. The zero-order valence-corrected chi connectivity index (χ0v) is 23.3. The summed E-state index contributed by atoms with van der Waals surface area (Å²) in [6, 6.07) is 0. The molecule has 0 aromatic carbocycles. The minimum atomic E-state index is -0.464. The Balaban J connectivity index is 1.73. The molecule has 0 saturated carbocycles. The van der Waals surface area contributed by atoms with Crippen LogP contribution in [0.2, 0.25) is 0 Å². The van der Waals surface area contributed by atoms with E-state index in [0.29, 0.717) is 18.8 Å². The van der Waals surface area contributed by atoms with Crippen LogP contribution < -0.4 is 0 Å². The smallest absolute Gasteiger partial charge is 0.309 e. The van der Waals surface area contributed by atoms with Crippen LogP contribution >= 0.6 is 0 Å². The van der Waals surface area contributed by atoms with Crippen molar-refractivity contribution in [3.8, 4) is 0 Å². The number of ketones is 1. The van der Waals surface area contributed by atoms with Crippen LogP contribution in [0.4, 0.5) is 0 Å². The standard InChI is InChI=1S/C31H44O7/c1-21(16-30(33)35-4)9-6-5-7-12-29-23(3)14-13-22(2)15-25-10-8-11-26(36-25)19-27-17-24(32)18-28(37-27)20-31(34)38-29/h5-7,9,12-14,22-23,25-29H,8,10-11,15-20H2,1-4H3/b6-5-,12-7+,14-13+,21-9+/t22-,23?,25?,26?,27?,28?,29?/m0/s1. The summed E-state index contributed by atoms with van der Waals surface area (Å²) in [4.78, 5) is 36.8. The van der Waals surface area contributed by atoms with Gasteiger partial charge in [-0.1, -0.05) is 55.9 Å². The summed E-state index contributed by atoms with van der Waals surface area (Å²) in [7, 11) is 1.37. The zero-order chi connectivity index (χ0) is 27.5. The molecule has 4 bridgehead atoms. The molecule has 7 heteroatoms. The summed E-state index contributed by atoms with van der Waals surface area (Å²) in [6.07, 6.45) is 18.5. The minimum absolute atomic E-state index is 0.0442. The van der Waals surface area contributed by atoms with Crippen LogP contribution in [0.3, 0.4) is 0 Å². The average Bonchev–Trinajstić information content (AvgIpc) is 2.85. The lowest BCUT2D eigenvalue weighted by Crippen LogP contribution is -2.39. The van der Waals surface area contributed by atoms with Gasteiger partial charge in [0.25, 0.3) is 0 Å². The summed E-state index contributed by atoms with van der Waals surface area (Å²) in [5, 5.41) is 0. The second-order valence-corrected chi connectivity index (χ2v) is 11.0. The molecule has 3 heterocycles. The van der Waals surface area contributed by atoms with Crippen molar-refractivity contribution in [3.63, 3.8) is 0 Å². The highest BCUT2D eigenvalue weighted by atomic mass is 16.6. The van der Waals surface area contributed by atoms with Crippen LogP contribution in [0, 0.1) is 11.8 Å². The Bertz CT molecular complexity index is 931. The molecule has 3 aliphatic heterocycles. The van der Waals surface area contributed by atoms with E-state index in [2.05, 4.69) is 23.8 Å². The molecule has 6 unspecified atom stereocenters. The number of hydrogen-bond acceptors (Lipinski definition) is 7. The van der Waals surface area contributed by atoms with E-state index in [1.165, 1.54) is 7.11 Å². The highest BCUT2D eigenvalue weighted by Crippen LogP contribution is 2.31. The van der Waals surface area contributed by atoms with Crippen molar-refractivity contribution in [1.29, 1.82) is 0 Å². The zero-order valence-electron chi connectivity index (χ0n) is 23.3. The van der Waals surface area contributed by atoms with Crippen LogP contribution in [0.25, 0.3) is 0 Å². The Kier molecular flexibility index (Phi) is 12.0. The lowest BCUT2D eigenvalue weighted by atomic mass is 9.91. The molecule has 0 radical (unpaired) electrons. The van der Waals surface area contributed by atoms with Crippen LogP contribution in [0.15, 0.2) is 48.1 Å². The van der Waals surface area contributed by atoms with Crippen molar-refractivity contribution in [2.75, 3.05) is 7.11 Å². The van der Waals surface area contributed by atoms with E-state index in [-0.39, 0.29) is 61.2 Å². The molecular formula is C31H44O7. The van der Waals surface area contributed by atoms with Crippen LogP contribution in [0.5, 0.6) is 0 Å². The number of fused-ring (bicyclic) bond motifs is 4. The van der Waals surface area contributed by atoms with Gasteiger partial charge in [0.2, 0.25) is 0 Å². The van der Waals surface area contributed by atoms with Gasteiger partial charge >= 0.3 is 11.9 Å². The van der Waals surface area contributed by atoms with E-state index in [9.17, 15) is 14.4 Å². The molecule has 0 aromatic rings. The molecule has 0 amide bonds. The molecular weight excluding hydrogens is 484 g/mol. The number of hydrogen-bond donors (Lipinski definition) is 0. The fourth-order valence-electron chi connectivity index (χ4n) is 5.33. The Hall–Kier alpha value is -2.51. The maximum atomic E-state index is 12.9. The first-order valence-corrected chi connectivity index (χ1v) is 14.0. The van der Waals surface area contributed by atoms with Crippen molar-refractivity contribution < 1.29 is 33.3 Å². The molecule has 3 aliphatic rings. The lowest BCUT2D eigenvalue weighted by Gasteiger charge is -2.36. The quantitative estimate of drug-likeness (QED) is 0.261. The Morgan fingerprint density at radius 2 is 1.66 bits per heavy atom. The minimum Gasteiger partial charge on any atom is -0.469 e. The van der Waals surface area contributed by atoms with E-state index in [0.717, 1.165) is 31.3 Å². The van der Waals surface area contributed by atoms with Crippen LogP contribution in [-0.2, 0) is 33.3 Å². The van der Waals surface area contributed by atoms with E-state index < -0.39 is 12.2 Å². The molecule has 0 aromatic heterocycles. The Labute approximate surface area is 227 Å². The number of esters is 2. The average molecular weight is 529 g/mol. The number of carbonyl (C=O) groups is 3. The van der Waals surface area contributed by atoms with E-state index >= 15 is 0 Å². The maximum Gasteiger partial charge on any atom is 0.309 e. The van der Waals surface area contributed by atoms with Gasteiger partial charge in [0.1, 0.15) is 11.9 Å². The predicted octanol–water partition coefficient (Wildman–Crippen LogP) is 5.59. The molecule has 0 N–H and O–H groups in total. The van der Waals surface area contributed by atoms with Crippen molar-refractivity contribution in [2.24, 2.45) is 11.8 Å². The number of Topliss-reactive ketones (excluding diaryl/α,β-unsaturated/α-hetero) is 1. The lowest BCUT2D eigenvalue weighted by molar-refractivity contribution is -0.158. The fraction of sp³-hybridized carbons (Fsp3) is 0.645. The third-order valence-electron chi connectivity index (χ3n) is 7.37. The molecule has 7 atom stereocenters. The fourth-order valence-corrected chi connectivity index (χ4v) is 5.33. The summed E-state index contributed by atoms with van der Waals surface area (Å²) < 4.78 is 23.2. The van der Waals surface area contributed by atoms with Gasteiger partial charge in [-0.15, -0.1) is 0 Å². The highest BCUT2D eigenvalue weighted by molar-refractivity contribution is 5.81. The van der Waals surface area contributed by atoms with Crippen molar-refractivity contribution in [3.05, 3.63) is 48.1 Å². The van der Waals surface area contributed by atoms with E-state index in [1.807, 2.05) is 44.2 Å². The monoisotopic (exact) mass is 528 g/mol. The molecule has 2 fully saturated rings. The molecule has 2 saturated heterocycles. The van der Waals surface area contributed by atoms with Crippen molar-refractivity contribution in [1.82, 2.24) is 0 Å². The van der Waals surface area contributed by atoms with E-state index in [4.69, 9.17) is 14.2 Å². The third kappa shape index (κ3) is 10.3. The number of rotatable bonds is 5. The number of cyclic esters (lactones) is 1. The van der Waals surface area contributed by atoms with Gasteiger partial charge in [-0.05, 0) is 44.6 Å². The Morgan fingerprint density at radius 1 is 0.947 bits per heavy atom. The first-order chi connectivity index (χ1) is 18.2. The van der Waals surface area contributed by atoms with E-state index in [1.54, 1.807) is 0 Å². The van der Waals surface area contributed by atoms with Gasteiger partial charge in [-0.3, -0.25) is 14.4 Å². The Morgan fingerprint density at radius 3 is 2.42 bits per heavy atom. The number of allylic oxidation sites excluding steroid dienone is 5. The van der Waals surface area contributed by atoms with Gasteiger partial charge in [0, 0.05) is 25.2 Å². The number of carbonyl (C=O) groups excluding carboxylic acids is 3. The second-order valence-electron chi connectivity index (χ2n) is 11.0. The van der Waals surface area contributed by atoms with Crippen LogP contribution in [0.1, 0.15) is 78.6 Å². The summed E-state index contributed by atoms with van der Waals surface area (Å²) in [6.45, 7) is 6.09. The van der Waals surface area contributed by atoms with Crippen molar-refractivity contribution >= 4 is 17.7 Å². The SMILES string of the molecule is COC(=O)C/C(C)=C/C=C\C=C\C1OC(=O)CC2CC(=O)CC(CC3CCCC(C[C@@H](C)/C=C/C1C)O3)O2. The van der Waals surface area contributed by atoms with Gasteiger partial charge in [0.05, 0.1) is 44.4 Å². The van der Waals surface area contributed by atoms with Gasteiger partial charge in [-0.2, -0.15) is 0 Å². The molecule has 38 heavy (non-hydrogen) atoms. The molecule has 210 valence electrons. The first-order valence-electron chi connectivity index (χ1n) is 14.0. The predicted molar refractivity (Wildman–Crippen MR) is 145 cm³/mol. The first kappa shape index (κ1) is 30.0. The molecule has 0 aliphatic carbocycles. The third-order valence-corrected chi connectivity index (χ3v) is 7.37. The molecule has 7 nitrogen and oxygen atoms in total. The van der Waals surface area contributed by atoms with Gasteiger partial charge in [0.15, 0.2) is 0 Å². The largest absolute Gasteiger partial charge is 0.469 e. The summed E-state index contributed by atoms with van der Waals surface area (Å²) in [5.74, 6) is -0.230.